The molecule has 0 radical (unpaired) electrons. The SMILES string of the molecule is O=C(CSC1=NCCN1)N(c1ccccc1)c1ccccc1. The van der Waals surface area contributed by atoms with Crippen LogP contribution in [0.15, 0.2) is 65.7 Å². The number of benzene rings is 2. The van der Waals surface area contributed by atoms with E-state index >= 15 is 0 Å². The number of nitrogens with one attached hydrogen (secondary N) is 1. The topological polar surface area (TPSA) is 44.7 Å². The van der Waals surface area contributed by atoms with Crippen molar-refractivity contribution in [2.75, 3.05) is 23.7 Å². The predicted octanol–water partition coefficient (Wildman–Crippen LogP) is 3.04. The average molecular weight is 311 g/mol. The predicted molar refractivity (Wildman–Crippen MR) is 92.8 cm³/mol. The molecule has 1 heterocycles. The van der Waals surface area contributed by atoms with E-state index in [0.29, 0.717) is 5.75 Å². The molecule has 3 rings (SSSR count). The minimum absolute atomic E-state index is 0.0406. The molecule has 1 N–H and O–H groups in total. The Morgan fingerprint density at radius 2 is 1.64 bits per heavy atom. The molecular formula is C17H17N3OS. The molecular weight excluding hydrogens is 294 g/mol. The smallest absolute Gasteiger partial charge is 0.242 e. The lowest BCUT2D eigenvalue weighted by molar-refractivity contribution is -0.115. The number of hydrogen-bond acceptors (Lipinski definition) is 4. The van der Waals surface area contributed by atoms with Gasteiger partial charge in [-0.25, -0.2) is 0 Å². The third kappa shape index (κ3) is 3.49. The maximum atomic E-state index is 12.7. The number of amides is 1. The van der Waals surface area contributed by atoms with Gasteiger partial charge < -0.3 is 5.32 Å². The first-order valence-electron chi connectivity index (χ1n) is 7.19. The van der Waals surface area contributed by atoms with E-state index in [4.69, 9.17) is 0 Å². The third-order valence-electron chi connectivity index (χ3n) is 3.25. The Morgan fingerprint density at radius 1 is 1.05 bits per heavy atom. The van der Waals surface area contributed by atoms with E-state index in [1.165, 1.54) is 11.8 Å². The summed E-state index contributed by atoms with van der Waals surface area (Å²) >= 11 is 1.46. The number of hydrogen-bond donors (Lipinski definition) is 1. The van der Waals surface area contributed by atoms with Crippen LogP contribution in [0.5, 0.6) is 0 Å². The Hall–Kier alpha value is -2.27. The fraction of sp³-hybridized carbons (Fsp3) is 0.176. The Balaban J connectivity index is 1.80. The third-order valence-corrected chi connectivity index (χ3v) is 4.19. The van der Waals surface area contributed by atoms with Crippen LogP contribution in [-0.2, 0) is 4.79 Å². The molecule has 0 atom stereocenters. The van der Waals surface area contributed by atoms with Crippen LogP contribution >= 0.6 is 11.8 Å². The largest absolute Gasteiger partial charge is 0.363 e. The van der Waals surface area contributed by atoms with Gasteiger partial charge in [-0.1, -0.05) is 48.2 Å². The lowest BCUT2D eigenvalue weighted by Crippen LogP contribution is -2.29. The second kappa shape index (κ2) is 7.13. The zero-order valence-corrected chi connectivity index (χ0v) is 12.9. The monoisotopic (exact) mass is 311 g/mol. The summed E-state index contributed by atoms with van der Waals surface area (Å²) in [6, 6.07) is 19.4. The van der Waals surface area contributed by atoms with Crippen molar-refractivity contribution in [2.24, 2.45) is 4.99 Å². The van der Waals surface area contributed by atoms with E-state index in [-0.39, 0.29) is 5.91 Å². The van der Waals surface area contributed by atoms with Crippen molar-refractivity contribution in [3.05, 3.63) is 60.7 Å². The van der Waals surface area contributed by atoms with Crippen LogP contribution < -0.4 is 10.2 Å². The second-order valence-electron chi connectivity index (χ2n) is 4.80. The van der Waals surface area contributed by atoms with Gasteiger partial charge in [0.15, 0.2) is 5.17 Å². The fourth-order valence-electron chi connectivity index (χ4n) is 2.26. The van der Waals surface area contributed by atoms with Gasteiger partial charge in [-0.15, -0.1) is 0 Å². The van der Waals surface area contributed by atoms with E-state index in [1.807, 2.05) is 60.7 Å². The summed E-state index contributed by atoms with van der Waals surface area (Å²) in [5.74, 6) is 0.397. The highest BCUT2D eigenvalue weighted by atomic mass is 32.2. The normalized spacial score (nSPS) is 13.4. The van der Waals surface area contributed by atoms with Gasteiger partial charge in [0.05, 0.1) is 12.3 Å². The van der Waals surface area contributed by atoms with E-state index in [0.717, 1.165) is 29.6 Å². The Kier molecular flexibility index (Phi) is 4.75. The van der Waals surface area contributed by atoms with Crippen molar-refractivity contribution in [1.82, 2.24) is 5.32 Å². The van der Waals surface area contributed by atoms with Crippen molar-refractivity contribution in [3.63, 3.8) is 0 Å². The van der Waals surface area contributed by atoms with E-state index in [9.17, 15) is 4.79 Å². The van der Waals surface area contributed by atoms with Gasteiger partial charge in [0.1, 0.15) is 0 Å². The molecule has 1 aliphatic heterocycles. The standard InChI is InChI=1S/C17H17N3OS/c21-16(13-22-17-18-11-12-19-17)20(14-7-3-1-4-8-14)15-9-5-2-6-10-15/h1-10H,11-13H2,(H,18,19). The molecule has 1 amide bonds. The van der Waals surface area contributed by atoms with E-state index in [2.05, 4.69) is 10.3 Å². The van der Waals surface area contributed by atoms with Gasteiger partial charge in [0.25, 0.3) is 0 Å². The van der Waals surface area contributed by atoms with Gasteiger partial charge in [-0.3, -0.25) is 14.7 Å². The molecule has 0 saturated heterocycles. The lowest BCUT2D eigenvalue weighted by atomic mass is 10.2. The summed E-state index contributed by atoms with van der Waals surface area (Å²) in [7, 11) is 0. The molecule has 0 saturated carbocycles. The van der Waals surface area contributed by atoms with E-state index in [1.54, 1.807) is 4.90 Å². The highest BCUT2D eigenvalue weighted by Gasteiger charge is 2.19. The lowest BCUT2D eigenvalue weighted by Gasteiger charge is -2.23. The number of carbonyl (C=O) groups is 1. The van der Waals surface area contributed by atoms with Gasteiger partial charge in [0.2, 0.25) is 5.91 Å². The molecule has 0 unspecified atom stereocenters. The van der Waals surface area contributed by atoms with Crippen LogP contribution in [0.4, 0.5) is 11.4 Å². The van der Waals surface area contributed by atoms with Crippen molar-refractivity contribution < 1.29 is 4.79 Å². The molecule has 112 valence electrons. The number of amidine groups is 1. The first-order valence-corrected chi connectivity index (χ1v) is 8.17. The van der Waals surface area contributed by atoms with Gasteiger partial charge in [0, 0.05) is 17.9 Å². The molecule has 0 aromatic heterocycles. The summed E-state index contributed by atoms with van der Waals surface area (Å²) in [5.41, 5.74) is 1.75. The van der Waals surface area contributed by atoms with Crippen LogP contribution in [0.3, 0.4) is 0 Å². The molecule has 2 aromatic rings. The summed E-state index contributed by atoms with van der Waals surface area (Å²) in [6.07, 6.45) is 0. The quantitative estimate of drug-likeness (QED) is 0.944. The summed E-state index contributed by atoms with van der Waals surface area (Å²) < 4.78 is 0. The molecule has 22 heavy (non-hydrogen) atoms. The number of anilines is 2. The minimum Gasteiger partial charge on any atom is -0.363 e. The Morgan fingerprint density at radius 3 is 2.14 bits per heavy atom. The second-order valence-corrected chi connectivity index (χ2v) is 5.77. The van der Waals surface area contributed by atoms with Gasteiger partial charge >= 0.3 is 0 Å². The van der Waals surface area contributed by atoms with Crippen molar-refractivity contribution in [1.29, 1.82) is 0 Å². The Bertz CT molecular complexity index is 619. The number of para-hydroxylation sites is 2. The molecule has 0 aliphatic carbocycles. The molecule has 5 heteroatoms. The van der Waals surface area contributed by atoms with E-state index < -0.39 is 0 Å². The van der Waals surface area contributed by atoms with Crippen LogP contribution in [0, 0.1) is 0 Å². The highest BCUT2D eigenvalue weighted by Crippen LogP contribution is 2.26. The number of thioether (sulfide) groups is 1. The van der Waals surface area contributed by atoms with Gasteiger partial charge in [-0.2, -0.15) is 0 Å². The molecule has 2 aromatic carbocycles. The fourth-order valence-corrected chi connectivity index (χ4v) is 3.03. The van der Waals surface area contributed by atoms with Crippen molar-refractivity contribution in [2.45, 2.75) is 0 Å². The van der Waals surface area contributed by atoms with Gasteiger partial charge in [-0.05, 0) is 24.3 Å². The average Bonchev–Trinajstić information content (AvgIpc) is 3.09. The maximum absolute atomic E-state index is 12.7. The van der Waals surface area contributed by atoms with Crippen LogP contribution in [0.1, 0.15) is 0 Å². The molecule has 0 spiro atoms. The number of aliphatic imine (C=N–C) groups is 1. The molecule has 1 aliphatic rings. The maximum Gasteiger partial charge on any atom is 0.242 e. The molecule has 0 bridgehead atoms. The first kappa shape index (κ1) is 14.7. The van der Waals surface area contributed by atoms with Crippen molar-refractivity contribution >= 4 is 34.2 Å². The minimum atomic E-state index is 0.0406. The zero-order chi connectivity index (χ0) is 15.2. The Labute approximate surface area is 134 Å². The number of rotatable bonds is 4. The summed E-state index contributed by atoms with van der Waals surface area (Å²) in [4.78, 5) is 18.8. The molecule has 4 nitrogen and oxygen atoms in total. The highest BCUT2D eigenvalue weighted by molar-refractivity contribution is 8.14. The summed E-state index contributed by atoms with van der Waals surface area (Å²) in [5, 5.41) is 4.03. The zero-order valence-electron chi connectivity index (χ0n) is 12.1. The molecule has 0 fully saturated rings. The van der Waals surface area contributed by atoms with Crippen LogP contribution in [0.25, 0.3) is 0 Å². The van der Waals surface area contributed by atoms with Crippen LogP contribution in [0.2, 0.25) is 0 Å². The van der Waals surface area contributed by atoms with Crippen LogP contribution in [-0.4, -0.2) is 29.9 Å². The van der Waals surface area contributed by atoms with Crippen molar-refractivity contribution in [3.8, 4) is 0 Å². The first-order chi connectivity index (χ1) is 10.8. The number of nitrogens with zero attached hydrogens (tertiary/aromatic N) is 2. The summed E-state index contributed by atoms with van der Waals surface area (Å²) in [6.45, 7) is 1.65. The number of carbonyl (C=O) groups excluding carboxylic acids is 1.